The first-order valence-electron chi connectivity index (χ1n) is 10.7. The van der Waals surface area contributed by atoms with E-state index in [0.717, 1.165) is 49.6 Å². The molecule has 2 aromatic rings. The summed E-state index contributed by atoms with van der Waals surface area (Å²) < 4.78 is 0. The molecule has 1 atom stereocenters. The topological polar surface area (TPSA) is 58.1 Å². The summed E-state index contributed by atoms with van der Waals surface area (Å²) in [4.78, 5) is 14.9. The first-order chi connectivity index (χ1) is 13.8. The number of hydrogen-bond donors (Lipinski definition) is 1. The maximum Gasteiger partial charge on any atom is 0.224 e. The molecule has 0 radical (unpaired) electrons. The minimum Gasteiger partial charge on any atom is -0.356 e. The highest BCUT2D eigenvalue weighted by atomic mass is 16.1. The molecule has 5 heteroatoms. The van der Waals surface area contributed by atoms with Gasteiger partial charge in [-0.1, -0.05) is 49.6 Å². The summed E-state index contributed by atoms with van der Waals surface area (Å²) >= 11 is 0. The number of anilines is 1. The van der Waals surface area contributed by atoms with E-state index in [1.54, 1.807) is 0 Å². The van der Waals surface area contributed by atoms with E-state index in [0.29, 0.717) is 5.92 Å². The number of nitrogens with zero attached hydrogens (tertiary/aromatic N) is 3. The molecule has 2 heterocycles. The van der Waals surface area contributed by atoms with Crippen molar-refractivity contribution >= 4 is 11.7 Å². The lowest BCUT2D eigenvalue weighted by molar-refractivity contribution is -0.125. The third-order valence-corrected chi connectivity index (χ3v) is 6.13. The summed E-state index contributed by atoms with van der Waals surface area (Å²) in [5.74, 6) is 1.80. The number of benzene rings is 1. The quantitative estimate of drug-likeness (QED) is 0.852. The van der Waals surface area contributed by atoms with Crippen LogP contribution in [0.3, 0.4) is 0 Å². The molecule has 1 aromatic heterocycles. The second-order valence-electron chi connectivity index (χ2n) is 8.18. The van der Waals surface area contributed by atoms with E-state index in [9.17, 15) is 4.79 Å². The Kier molecular flexibility index (Phi) is 6.20. The van der Waals surface area contributed by atoms with Crippen LogP contribution in [0.5, 0.6) is 0 Å². The highest BCUT2D eigenvalue weighted by molar-refractivity contribution is 5.79. The van der Waals surface area contributed by atoms with Gasteiger partial charge in [-0.05, 0) is 43.7 Å². The van der Waals surface area contributed by atoms with Crippen LogP contribution in [0.4, 0.5) is 5.82 Å². The summed E-state index contributed by atoms with van der Waals surface area (Å²) in [7, 11) is 0. The number of carbonyl (C=O) groups is 1. The summed E-state index contributed by atoms with van der Waals surface area (Å²) in [5, 5.41) is 12.1. The van der Waals surface area contributed by atoms with Crippen LogP contribution in [0, 0.1) is 11.8 Å². The van der Waals surface area contributed by atoms with E-state index in [2.05, 4.69) is 20.4 Å². The third-order valence-electron chi connectivity index (χ3n) is 6.13. The Morgan fingerprint density at radius 1 is 0.964 bits per heavy atom. The molecule has 2 aliphatic rings. The Balaban J connectivity index is 1.33. The molecular formula is C23H30N4O. The fourth-order valence-corrected chi connectivity index (χ4v) is 4.44. The maximum absolute atomic E-state index is 12.7. The molecule has 148 valence electrons. The molecule has 1 N–H and O–H groups in total. The molecular weight excluding hydrogens is 348 g/mol. The van der Waals surface area contributed by atoms with Gasteiger partial charge in [-0.25, -0.2) is 0 Å². The minimum absolute atomic E-state index is 0.0490. The highest BCUT2D eigenvalue weighted by Gasteiger charge is 2.27. The summed E-state index contributed by atoms with van der Waals surface area (Å²) in [5.41, 5.74) is 1.95. The molecule has 2 fully saturated rings. The summed E-state index contributed by atoms with van der Waals surface area (Å²) in [6.07, 6.45) is 8.49. The first-order valence-corrected chi connectivity index (χ1v) is 10.7. The molecule has 5 nitrogen and oxygen atoms in total. The zero-order valence-corrected chi connectivity index (χ0v) is 16.5. The van der Waals surface area contributed by atoms with E-state index in [4.69, 9.17) is 0 Å². The molecule has 1 saturated carbocycles. The molecule has 0 unspecified atom stereocenters. The van der Waals surface area contributed by atoms with E-state index < -0.39 is 0 Å². The Labute approximate surface area is 167 Å². The van der Waals surface area contributed by atoms with Gasteiger partial charge >= 0.3 is 0 Å². The molecule has 0 spiro atoms. The van der Waals surface area contributed by atoms with Crippen molar-refractivity contribution in [1.29, 1.82) is 0 Å². The van der Waals surface area contributed by atoms with Crippen molar-refractivity contribution in [3.8, 4) is 11.3 Å². The van der Waals surface area contributed by atoms with Gasteiger partial charge in [0.2, 0.25) is 5.91 Å². The van der Waals surface area contributed by atoms with E-state index in [1.165, 1.54) is 32.1 Å². The van der Waals surface area contributed by atoms with E-state index >= 15 is 0 Å². The van der Waals surface area contributed by atoms with Crippen LogP contribution >= 0.6 is 0 Å². The lowest BCUT2D eigenvalue weighted by Crippen LogP contribution is -2.44. The van der Waals surface area contributed by atoms with Crippen LogP contribution in [0.15, 0.2) is 42.5 Å². The van der Waals surface area contributed by atoms with Crippen LogP contribution in [-0.2, 0) is 4.79 Å². The number of hydrogen-bond acceptors (Lipinski definition) is 4. The van der Waals surface area contributed by atoms with Gasteiger partial charge in [0.15, 0.2) is 5.82 Å². The van der Waals surface area contributed by atoms with Crippen molar-refractivity contribution in [3.05, 3.63) is 42.5 Å². The van der Waals surface area contributed by atoms with Crippen LogP contribution < -0.4 is 10.2 Å². The van der Waals surface area contributed by atoms with Crippen LogP contribution in [0.25, 0.3) is 11.3 Å². The molecule has 0 bridgehead atoms. The molecule has 1 amide bonds. The predicted octanol–water partition coefficient (Wildman–Crippen LogP) is 4.06. The van der Waals surface area contributed by atoms with Gasteiger partial charge in [0, 0.05) is 25.2 Å². The van der Waals surface area contributed by atoms with Crippen molar-refractivity contribution in [3.63, 3.8) is 0 Å². The van der Waals surface area contributed by atoms with Gasteiger partial charge in [0.05, 0.1) is 11.6 Å². The van der Waals surface area contributed by atoms with Gasteiger partial charge in [0.25, 0.3) is 0 Å². The lowest BCUT2D eigenvalue weighted by atomic mass is 9.89. The molecule has 1 aliphatic carbocycles. The minimum atomic E-state index is 0.0490. The lowest BCUT2D eigenvalue weighted by Gasteiger charge is -2.33. The number of nitrogens with one attached hydrogen (secondary N) is 1. The number of rotatable bonds is 5. The van der Waals surface area contributed by atoms with Gasteiger partial charge in [-0.15, -0.1) is 10.2 Å². The second-order valence-corrected chi connectivity index (χ2v) is 8.18. The van der Waals surface area contributed by atoms with E-state index in [1.807, 2.05) is 42.5 Å². The number of piperidine rings is 1. The average molecular weight is 379 g/mol. The largest absolute Gasteiger partial charge is 0.356 e. The second kappa shape index (κ2) is 9.18. The van der Waals surface area contributed by atoms with Crippen LogP contribution in [0.1, 0.15) is 44.9 Å². The van der Waals surface area contributed by atoms with Gasteiger partial charge in [0.1, 0.15) is 0 Å². The summed E-state index contributed by atoms with van der Waals surface area (Å²) in [6.45, 7) is 2.52. The van der Waals surface area contributed by atoms with Crippen LogP contribution in [0.2, 0.25) is 0 Å². The Morgan fingerprint density at radius 2 is 1.79 bits per heavy atom. The van der Waals surface area contributed by atoms with Gasteiger partial charge < -0.3 is 10.2 Å². The standard InChI is InChI=1S/C23H30N4O/c28-23(24-16-18-8-3-1-4-9-18)20-12-7-15-27(17-20)22-14-13-21(25-26-22)19-10-5-2-6-11-19/h2,5-6,10-11,13-14,18,20H,1,3-4,7-9,12,15-17H2,(H,24,28)/t20-/m0/s1. The zero-order valence-electron chi connectivity index (χ0n) is 16.5. The zero-order chi connectivity index (χ0) is 19.2. The Morgan fingerprint density at radius 3 is 2.54 bits per heavy atom. The van der Waals surface area contributed by atoms with Crippen LogP contribution in [-0.4, -0.2) is 35.7 Å². The Hall–Kier alpha value is -2.43. The molecule has 1 aliphatic heterocycles. The van der Waals surface area contributed by atoms with Crippen molar-refractivity contribution in [1.82, 2.24) is 15.5 Å². The fraction of sp³-hybridized carbons (Fsp3) is 0.522. The highest BCUT2D eigenvalue weighted by Crippen LogP contribution is 2.25. The molecule has 4 rings (SSSR count). The normalized spacial score (nSPS) is 20.7. The molecule has 1 saturated heterocycles. The first kappa shape index (κ1) is 18.9. The monoisotopic (exact) mass is 378 g/mol. The van der Waals surface area contributed by atoms with Crippen molar-refractivity contribution < 1.29 is 4.79 Å². The average Bonchev–Trinajstić information content (AvgIpc) is 2.79. The number of carbonyl (C=O) groups excluding carboxylic acids is 1. The SMILES string of the molecule is O=C(NCC1CCCCC1)[C@H]1CCCN(c2ccc(-c3ccccc3)nn2)C1. The fourth-order valence-electron chi connectivity index (χ4n) is 4.44. The van der Waals surface area contributed by atoms with Crippen molar-refractivity contribution in [2.24, 2.45) is 11.8 Å². The number of amides is 1. The van der Waals surface area contributed by atoms with Crippen molar-refractivity contribution in [2.45, 2.75) is 44.9 Å². The van der Waals surface area contributed by atoms with Gasteiger partial charge in [-0.3, -0.25) is 4.79 Å². The predicted molar refractivity (Wildman–Crippen MR) is 112 cm³/mol. The third kappa shape index (κ3) is 4.70. The smallest absolute Gasteiger partial charge is 0.224 e. The van der Waals surface area contributed by atoms with Crippen molar-refractivity contribution in [2.75, 3.05) is 24.5 Å². The maximum atomic E-state index is 12.7. The summed E-state index contributed by atoms with van der Waals surface area (Å²) in [6, 6.07) is 14.1. The number of aromatic nitrogens is 2. The van der Waals surface area contributed by atoms with E-state index in [-0.39, 0.29) is 11.8 Å². The Bertz CT molecular complexity index is 756. The van der Waals surface area contributed by atoms with Gasteiger partial charge in [-0.2, -0.15) is 0 Å². The molecule has 1 aromatic carbocycles. The molecule has 28 heavy (non-hydrogen) atoms.